The third kappa shape index (κ3) is 2.54. The van der Waals surface area contributed by atoms with Gasteiger partial charge in [0.2, 0.25) is 0 Å². The van der Waals surface area contributed by atoms with Gasteiger partial charge in [-0.15, -0.1) is 0 Å². The average molecular weight is 255 g/mol. The molecule has 1 aliphatic heterocycles. The van der Waals surface area contributed by atoms with Crippen molar-refractivity contribution in [1.29, 1.82) is 0 Å². The van der Waals surface area contributed by atoms with E-state index < -0.39 is 0 Å². The molecule has 0 saturated carbocycles. The molecular formula is C17H18FN. The summed E-state index contributed by atoms with van der Waals surface area (Å²) in [5.41, 5.74) is 2.15. The molecule has 2 aromatic carbocycles. The molecule has 1 saturated heterocycles. The van der Waals surface area contributed by atoms with Gasteiger partial charge in [0.05, 0.1) is 0 Å². The fourth-order valence-electron chi connectivity index (χ4n) is 3.06. The minimum absolute atomic E-state index is 0.0860. The molecule has 0 spiro atoms. The average Bonchev–Trinajstić information content (AvgIpc) is 2.49. The molecule has 1 heterocycles. The number of piperidine rings is 1. The molecule has 3 rings (SSSR count). The monoisotopic (exact) mass is 255 g/mol. The lowest BCUT2D eigenvalue weighted by Gasteiger charge is -2.33. The molecule has 2 heteroatoms. The van der Waals surface area contributed by atoms with Crippen LogP contribution in [0.25, 0.3) is 0 Å². The van der Waals surface area contributed by atoms with Crippen LogP contribution in [0.5, 0.6) is 0 Å². The van der Waals surface area contributed by atoms with Gasteiger partial charge in [0.1, 0.15) is 5.82 Å². The minimum atomic E-state index is -0.0860. The molecule has 0 aromatic heterocycles. The first-order valence-electron chi connectivity index (χ1n) is 6.86. The van der Waals surface area contributed by atoms with Gasteiger partial charge in [-0.3, -0.25) is 0 Å². The van der Waals surface area contributed by atoms with Gasteiger partial charge < -0.3 is 5.32 Å². The first-order chi connectivity index (χ1) is 9.36. The van der Waals surface area contributed by atoms with Crippen LogP contribution in [-0.2, 0) is 0 Å². The van der Waals surface area contributed by atoms with Crippen molar-refractivity contribution < 1.29 is 4.39 Å². The van der Waals surface area contributed by atoms with Gasteiger partial charge >= 0.3 is 0 Å². The Kier molecular flexibility index (Phi) is 3.60. The molecule has 1 N–H and O–H groups in total. The van der Waals surface area contributed by atoms with Crippen molar-refractivity contribution in [2.75, 3.05) is 13.1 Å². The van der Waals surface area contributed by atoms with Crippen LogP contribution in [-0.4, -0.2) is 13.1 Å². The topological polar surface area (TPSA) is 12.0 Å². The number of rotatable bonds is 2. The third-order valence-electron chi connectivity index (χ3n) is 4.01. The summed E-state index contributed by atoms with van der Waals surface area (Å²) in [5.74, 6) is 0.536. The SMILES string of the molecule is Fc1ccccc1C1CNCCC1c1ccccc1. The Labute approximate surface area is 113 Å². The van der Waals surface area contributed by atoms with Crippen molar-refractivity contribution in [3.05, 3.63) is 71.5 Å². The zero-order valence-corrected chi connectivity index (χ0v) is 10.9. The van der Waals surface area contributed by atoms with E-state index in [4.69, 9.17) is 0 Å². The summed E-state index contributed by atoms with van der Waals surface area (Å²) in [5, 5.41) is 3.39. The van der Waals surface area contributed by atoms with Crippen LogP contribution in [0.3, 0.4) is 0 Å². The highest BCUT2D eigenvalue weighted by Gasteiger charge is 2.29. The summed E-state index contributed by atoms with van der Waals surface area (Å²) >= 11 is 0. The van der Waals surface area contributed by atoms with Crippen LogP contribution in [0.4, 0.5) is 4.39 Å². The van der Waals surface area contributed by atoms with E-state index in [1.165, 1.54) is 5.56 Å². The van der Waals surface area contributed by atoms with E-state index in [1.54, 1.807) is 12.1 Å². The molecule has 1 fully saturated rings. The lowest BCUT2D eigenvalue weighted by molar-refractivity contribution is 0.393. The Hall–Kier alpha value is -1.67. The van der Waals surface area contributed by atoms with Crippen LogP contribution in [0.15, 0.2) is 54.6 Å². The molecule has 0 bridgehead atoms. The molecule has 2 atom stereocenters. The van der Waals surface area contributed by atoms with Crippen LogP contribution < -0.4 is 5.32 Å². The van der Waals surface area contributed by atoms with E-state index in [2.05, 4.69) is 29.6 Å². The summed E-state index contributed by atoms with van der Waals surface area (Å²) in [7, 11) is 0. The molecule has 1 aliphatic rings. The van der Waals surface area contributed by atoms with E-state index in [-0.39, 0.29) is 11.7 Å². The van der Waals surface area contributed by atoms with Crippen LogP contribution >= 0.6 is 0 Å². The predicted octanol–water partition coefficient (Wildman–Crippen LogP) is 3.69. The Morgan fingerprint density at radius 1 is 0.895 bits per heavy atom. The summed E-state index contributed by atoms with van der Waals surface area (Å²) in [6, 6.07) is 17.6. The Balaban J connectivity index is 1.96. The van der Waals surface area contributed by atoms with E-state index in [0.717, 1.165) is 25.1 Å². The fourth-order valence-corrected chi connectivity index (χ4v) is 3.06. The summed E-state index contributed by atoms with van der Waals surface area (Å²) in [6.07, 6.45) is 1.06. The smallest absolute Gasteiger partial charge is 0.126 e. The second kappa shape index (κ2) is 5.54. The van der Waals surface area contributed by atoms with Crippen LogP contribution in [0.2, 0.25) is 0 Å². The summed E-state index contributed by atoms with van der Waals surface area (Å²) in [6.45, 7) is 1.85. The molecule has 0 aliphatic carbocycles. The van der Waals surface area contributed by atoms with Crippen molar-refractivity contribution in [2.45, 2.75) is 18.3 Å². The number of hydrogen-bond acceptors (Lipinski definition) is 1. The van der Waals surface area contributed by atoms with E-state index >= 15 is 0 Å². The van der Waals surface area contributed by atoms with Crippen LogP contribution in [0.1, 0.15) is 29.4 Å². The van der Waals surface area contributed by atoms with Gasteiger partial charge in [0.15, 0.2) is 0 Å². The molecule has 2 aromatic rings. The first kappa shape index (κ1) is 12.4. The van der Waals surface area contributed by atoms with Gasteiger partial charge in [-0.2, -0.15) is 0 Å². The standard InChI is InChI=1S/C17H18FN/c18-17-9-5-4-8-15(17)16-12-19-11-10-14(16)13-6-2-1-3-7-13/h1-9,14,16,19H,10-12H2. The largest absolute Gasteiger partial charge is 0.316 e. The maximum Gasteiger partial charge on any atom is 0.126 e. The highest BCUT2D eigenvalue weighted by atomic mass is 19.1. The van der Waals surface area contributed by atoms with Crippen molar-refractivity contribution in [3.63, 3.8) is 0 Å². The van der Waals surface area contributed by atoms with Gasteiger partial charge in [0.25, 0.3) is 0 Å². The number of nitrogens with one attached hydrogen (secondary N) is 1. The van der Waals surface area contributed by atoms with Crippen molar-refractivity contribution in [3.8, 4) is 0 Å². The molecular weight excluding hydrogens is 237 g/mol. The Bertz CT molecular complexity index is 538. The lowest BCUT2D eigenvalue weighted by Crippen LogP contribution is -2.34. The van der Waals surface area contributed by atoms with E-state index in [9.17, 15) is 4.39 Å². The second-order valence-corrected chi connectivity index (χ2v) is 5.14. The quantitative estimate of drug-likeness (QED) is 0.863. The molecule has 1 nitrogen and oxygen atoms in total. The molecule has 0 amide bonds. The lowest BCUT2D eigenvalue weighted by atomic mass is 9.77. The molecule has 2 unspecified atom stereocenters. The van der Waals surface area contributed by atoms with Gasteiger partial charge in [-0.05, 0) is 36.1 Å². The highest BCUT2D eigenvalue weighted by molar-refractivity contribution is 5.30. The fraction of sp³-hybridized carbons (Fsp3) is 0.294. The number of halogens is 1. The molecule has 0 radical (unpaired) electrons. The normalized spacial score (nSPS) is 23.2. The Morgan fingerprint density at radius 2 is 1.63 bits per heavy atom. The summed E-state index contributed by atoms with van der Waals surface area (Å²) < 4.78 is 14.0. The number of benzene rings is 2. The first-order valence-corrected chi connectivity index (χ1v) is 6.86. The number of hydrogen-bond donors (Lipinski definition) is 1. The third-order valence-corrected chi connectivity index (χ3v) is 4.01. The molecule has 19 heavy (non-hydrogen) atoms. The van der Waals surface area contributed by atoms with Gasteiger partial charge in [0, 0.05) is 12.5 Å². The van der Waals surface area contributed by atoms with Crippen molar-refractivity contribution in [2.24, 2.45) is 0 Å². The van der Waals surface area contributed by atoms with Crippen LogP contribution in [0, 0.1) is 5.82 Å². The van der Waals surface area contributed by atoms with Crippen molar-refractivity contribution >= 4 is 0 Å². The summed E-state index contributed by atoms with van der Waals surface area (Å²) in [4.78, 5) is 0. The van der Waals surface area contributed by atoms with Gasteiger partial charge in [-0.1, -0.05) is 48.5 Å². The zero-order chi connectivity index (χ0) is 13.1. The maximum absolute atomic E-state index is 14.0. The van der Waals surface area contributed by atoms with Gasteiger partial charge in [-0.25, -0.2) is 4.39 Å². The van der Waals surface area contributed by atoms with E-state index in [0.29, 0.717) is 5.92 Å². The predicted molar refractivity (Wildman–Crippen MR) is 75.8 cm³/mol. The maximum atomic E-state index is 14.0. The zero-order valence-electron chi connectivity index (χ0n) is 10.9. The second-order valence-electron chi connectivity index (χ2n) is 5.14. The molecule has 98 valence electrons. The highest BCUT2D eigenvalue weighted by Crippen LogP contribution is 2.37. The van der Waals surface area contributed by atoms with Crippen molar-refractivity contribution in [1.82, 2.24) is 5.32 Å². The van der Waals surface area contributed by atoms with E-state index in [1.807, 2.05) is 18.2 Å². The minimum Gasteiger partial charge on any atom is -0.316 e. The Morgan fingerprint density at radius 3 is 2.42 bits per heavy atom.